The molecule has 0 spiro atoms. The second kappa shape index (κ2) is 4.18. The van der Waals surface area contributed by atoms with Crippen LogP contribution >= 0.6 is 31.9 Å². The Hall–Kier alpha value is -0.880. The van der Waals surface area contributed by atoms with Crippen molar-refractivity contribution < 1.29 is 4.42 Å². The molecule has 0 saturated carbocycles. The van der Waals surface area contributed by atoms with E-state index in [0.717, 1.165) is 4.47 Å². The van der Waals surface area contributed by atoms with Crippen molar-refractivity contribution in [2.24, 2.45) is 0 Å². The third kappa shape index (κ3) is 1.99. The van der Waals surface area contributed by atoms with E-state index in [0.29, 0.717) is 27.5 Å². The lowest BCUT2D eigenvalue weighted by Gasteiger charge is -2.00. The fourth-order valence-corrected chi connectivity index (χ4v) is 1.80. The maximum Gasteiger partial charge on any atom is 0.254 e. The lowest BCUT2D eigenvalue weighted by atomic mass is 10.2. The van der Waals surface area contributed by atoms with Gasteiger partial charge in [0.25, 0.3) is 5.56 Å². The number of hydrogen-bond acceptors (Lipinski definition) is 3. The maximum atomic E-state index is 11.6. The minimum atomic E-state index is -0.147. The van der Waals surface area contributed by atoms with E-state index in [1.54, 1.807) is 19.9 Å². The summed E-state index contributed by atoms with van der Waals surface area (Å²) in [4.78, 5) is 18.5. The predicted octanol–water partition coefficient (Wildman–Crippen LogP) is 3.17. The molecule has 0 aromatic carbocycles. The lowest BCUT2D eigenvalue weighted by molar-refractivity contribution is 0.548. The van der Waals surface area contributed by atoms with Gasteiger partial charge in [0.15, 0.2) is 16.3 Å². The molecule has 2 heterocycles. The van der Waals surface area contributed by atoms with Crippen LogP contribution in [0.25, 0.3) is 11.6 Å². The zero-order valence-corrected chi connectivity index (χ0v) is 11.8. The average Bonchev–Trinajstić information content (AvgIpc) is 2.55. The third-order valence-electron chi connectivity index (χ3n) is 2.27. The van der Waals surface area contributed by atoms with Gasteiger partial charge >= 0.3 is 0 Å². The monoisotopic (exact) mass is 346 g/mol. The van der Waals surface area contributed by atoms with E-state index < -0.39 is 0 Å². The van der Waals surface area contributed by atoms with Gasteiger partial charge in [0.2, 0.25) is 0 Å². The van der Waals surface area contributed by atoms with Gasteiger partial charge in [-0.3, -0.25) is 4.79 Å². The third-order valence-corrected chi connectivity index (χ3v) is 3.98. The number of nitrogens with zero attached hydrogens (tertiary/aromatic N) is 1. The summed E-state index contributed by atoms with van der Waals surface area (Å²) in [6.45, 7) is 3.53. The Labute approximate surface area is 108 Å². The van der Waals surface area contributed by atoms with E-state index in [2.05, 4.69) is 41.8 Å². The smallest absolute Gasteiger partial charge is 0.254 e. The van der Waals surface area contributed by atoms with Crippen LogP contribution in [0, 0.1) is 13.8 Å². The summed E-state index contributed by atoms with van der Waals surface area (Å²) in [5, 5.41) is 0. The molecule has 0 aliphatic carbocycles. The Morgan fingerprint density at radius 1 is 1.38 bits per heavy atom. The van der Waals surface area contributed by atoms with Crippen LogP contribution < -0.4 is 5.56 Å². The molecule has 6 heteroatoms. The number of H-pyrrole nitrogens is 1. The Balaban J connectivity index is 2.61. The number of nitrogens with one attached hydrogen (secondary N) is 1. The largest absolute Gasteiger partial charge is 0.445 e. The quantitative estimate of drug-likeness (QED) is 0.861. The zero-order valence-electron chi connectivity index (χ0n) is 8.60. The molecule has 16 heavy (non-hydrogen) atoms. The van der Waals surface area contributed by atoms with Crippen molar-refractivity contribution in [3.8, 4) is 11.6 Å². The summed E-state index contributed by atoms with van der Waals surface area (Å²) in [5.41, 5.74) is 1.17. The van der Waals surface area contributed by atoms with Crippen LogP contribution in [0.3, 0.4) is 0 Å². The lowest BCUT2D eigenvalue weighted by Crippen LogP contribution is -2.14. The van der Waals surface area contributed by atoms with Crippen LogP contribution in [-0.2, 0) is 0 Å². The van der Waals surface area contributed by atoms with Crippen molar-refractivity contribution in [2.45, 2.75) is 13.8 Å². The molecular weight excluding hydrogens is 340 g/mol. The molecule has 2 aromatic rings. The van der Waals surface area contributed by atoms with Gasteiger partial charge in [-0.2, -0.15) is 0 Å². The fourth-order valence-electron chi connectivity index (χ4n) is 1.23. The zero-order chi connectivity index (χ0) is 11.9. The summed E-state index contributed by atoms with van der Waals surface area (Å²) in [6.07, 6.45) is 0. The number of rotatable bonds is 1. The summed E-state index contributed by atoms with van der Waals surface area (Å²) in [7, 11) is 0. The highest BCUT2D eigenvalue weighted by Crippen LogP contribution is 2.30. The molecule has 0 radical (unpaired) electrons. The van der Waals surface area contributed by atoms with Crippen molar-refractivity contribution in [1.29, 1.82) is 0 Å². The van der Waals surface area contributed by atoms with E-state index in [9.17, 15) is 4.79 Å². The summed E-state index contributed by atoms with van der Waals surface area (Å²) < 4.78 is 6.74. The van der Waals surface area contributed by atoms with Crippen LogP contribution in [0.5, 0.6) is 0 Å². The number of aryl methyl sites for hydroxylation is 1. The van der Waals surface area contributed by atoms with E-state index in [1.165, 1.54) is 0 Å². The van der Waals surface area contributed by atoms with Crippen molar-refractivity contribution in [2.75, 3.05) is 0 Å². The molecule has 0 aliphatic heterocycles. The van der Waals surface area contributed by atoms with Crippen molar-refractivity contribution in [3.63, 3.8) is 0 Å². The number of aromatic nitrogens is 2. The van der Waals surface area contributed by atoms with E-state index in [1.807, 2.05) is 0 Å². The molecule has 2 aromatic heterocycles. The maximum absolute atomic E-state index is 11.6. The predicted molar refractivity (Wildman–Crippen MR) is 67.4 cm³/mol. The highest BCUT2D eigenvalue weighted by Gasteiger charge is 2.12. The van der Waals surface area contributed by atoms with Crippen LogP contribution in [0.1, 0.15) is 11.3 Å². The Bertz CT molecular complexity index is 582. The number of furan rings is 1. The highest BCUT2D eigenvalue weighted by atomic mass is 79.9. The molecule has 4 nitrogen and oxygen atoms in total. The number of aromatic amines is 1. The molecule has 0 amide bonds. The first-order valence-electron chi connectivity index (χ1n) is 4.51. The molecule has 0 bridgehead atoms. The van der Waals surface area contributed by atoms with Gasteiger partial charge < -0.3 is 9.40 Å². The van der Waals surface area contributed by atoms with Gasteiger partial charge in [-0.15, -0.1) is 0 Å². The molecule has 0 atom stereocenters. The van der Waals surface area contributed by atoms with Crippen LogP contribution in [0.2, 0.25) is 0 Å². The van der Waals surface area contributed by atoms with Crippen LogP contribution in [0.4, 0.5) is 0 Å². The standard InChI is InChI=1S/C10H8Br2N2O2/c1-4-5(2)13-9(14-10(4)15)7-3-6(11)8(12)16-7/h3H,1-2H3,(H,13,14,15). The fraction of sp³-hybridized carbons (Fsp3) is 0.200. The van der Waals surface area contributed by atoms with Crippen molar-refractivity contribution in [3.05, 3.63) is 36.8 Å². The first kappa shape index (κ1) is 11.6. The molecule has 2 rings (SSSR count). The van der Waals surface area contributed by atoms with Gasteiger partial charge in [0.05, 0.1) is 4.47 Å². The second-order valence-corrected chi connectivity index (χ2v) is 4.93. The van der Waals surface area contributed by atoms with Gasteiger partial charge in [0.1, 0.15) is 0 Å². The molecule has 0 unspecified atom stereocenters. The topological polar surface area (TPSA) is 58.9 Å². The minimum absolute atomic E-state index is 0.147. The molecule has 0 aliphatic rings. The molecule has 0 fully saturated rings. The second-order valence-electron chi connectivity index (χ2n) is 3.36. The van der Waals surface area contributed by atoms with Crippen LogP contribution in [-0.4, -0.2) is 9.97 Å². The Morgan fingerprint density at radius 3 is 2.56 bits per heavy atom. The normalized spacial score (nSPS) is 10.8. The Morgan fingerprint density at radius 2 is 2.06 bits per heavy atom. The van der Waals surface area contributed by atoms with Gasteiger partial charge in [-0.25, -0.2) is 4.98 Å². The van der Waals surface area contributed by atoms with E-state index >= 15 is 0 Å². The molecule has 1 N–H and O–H groups in total. The summed E-state index contributed by atoms with van der Waals surface area (Å²) >= 11 is 6.54. The summed E-state index contributed by atoms with van der Waals surface area (Å²) in [6, 6.07) is 1.75. The van der Waals surface area contributed by atoms with E-state index in [4.69, 9.17) is 4.42 Å². The molecular formula is C10H8Br2N2O2. The molecule has 0 saturated heterocycles. The average molecular weight is 348 g/mol. The van der Waals surface area contributed by atoms with E-state index in [-0.39, 0.29) is 5.56 Å². The van der Waals surface area contributed by atoms with Gasteiger partial charge in [0, 0.05) is 17.3 Å². The van der Waals surface area contributed by atoms with Gasteiger partial charge in [-0.05, 0) is 45.7 Å². The SMILES string of the molecule is Cc1nc(-c2cc(Br)c(Br)o2)[nH]c(=O)c1C. The highest BCUT2D eigenvalue weighted by molar-refractivity contribution is 9.13. The van der Waals surface area contributed by atoms with Crippen molar-refractivity contribution in [1.82, 2.24) is 9.97 Å². The summed E-state index contributed by atoms with van der Waals surface area (Å²) in [5.74, 6) is 0.943. The van der Waals surface area contributed by atoms with Crippen molar-refractivity contribution >= 4 is 31.9 Å². The first-order chi connectivity index (χ1) is 7.49. The number of hydrogen-bond donors (Lipinski definition) is 1. The number of halogens is 2. The minimum Gasteiger partial charge on any atom is -0.445 e. The Kier molecular flexibility index (Phi) is 3.03. The first-order valence-corrected chi connectivity index (χ1v) is 6.10. The van der Waals surface area contributed by atoms with Crippen LogP contribution in [0.15, 0.2) is 24.4 Å². The van der Waals surface area contributed by atoms with Gasteiger partial charge in [-0.1, -0.05) is 0 Å². The molecule has 84 valence electrons.